The molecular weight excluding hydrogens is 306 g/mol. The molecule has 1 aliphatic rings. The fourth-order valence-electron chi connectivity index (χ4n) is 2.65. The minimum absolute atomic E-state index is 0.0444. The maximum absolute atomic E-state index is 12.3. The smallest absolute Gasteiger partial charge is 0.280 e. The van der Waals surface area contributed by atoms with Gasteiger partial charge in [0.1, 0.15) is 6.04 Å². The molecule has 0 aliphatic carbocycles. The third-order valence-electron chi connectivity index (χ3n) is 3.73. The highest BCUT2D eigenvalue weighted by Crippen LogP contribution is 2.29. The molecule has 0 radical (unpaired) electrons. The van der Waals surface area contributed by atoms with Crippen molar-refractivity contribution < 1.29 is 13.2 Å². The first-order valence-corrected chi connectivity index (χ1v) is 8.61. The molecule has 1 fully saturated rings. The number of carbonyl (C=O) groups is 1. The van der Waals surface area contributed by atoms with Gasteiger partial charge in [-0.15, -0.1) is 0 Å². The molecule has 2 rings (SSSR count). The molecule has 1 aromatic heterocycles. The third kappa shape index (κ3) is 3.31. The van der Waals surface area contributed by atoms with E-state index >= 15 is 0 Å². The first-order valence-electron chi connectivity index (χ1n) is 7.17. The normalized spacial score (nSPS) is 25.4. The highest BCUT2D eigenvalue weighted by molar-refractivity contribution is 7.87. The first kappa shape index (κ1) is 16.9. The molecule has 124 valence electrons. The summed E-state index contributed by atoms with van der Waals surface area (Å²) < 4.78 is 29.9. The molecule has 2 atom stereocenters. The van der Waals surface area contributed by atoms with Crippen LogP contribution < -0.4 is 10.0 Å². The Labute approximate surface area is 131 Å². The van der Waals surface area contributed by atoms with Gasteiger partial charge in [-0.1, -0.05) is 0 Å². The van der Waals surface area contributed by atoms with Crippen molar-refractivity contribution in [3.05, 3.63) is 17.5 Å². The minimum atomic E-state index is -3.71. The van der Waals surface area contributed by atoms with E-state index in [4.69, 9.17) is 0 Å². The second kappa shape index (κ2) is 5.98. The molecule has 0 saturated carbocycles. The van der Waals surface area contributed by atoms with E-state index < -0.39 is 22.3 Å². The molecule has 2 N–H and O–H groups in total. The highest BCUT2D eigenvalue weighted by atomic mass is 32.2. The number of amides is 1. The number of rotatable bonds is 3. The molecule has 9 heteroatoms. The van der Waals surface area contributed by atoms with Crippen molar-refractivity contribution in [1.82, 2.24) is 24.1 Å². The number of carbonyl (C=O) groups excluding carboxylic acids is 1. The molecule has 0 aromatic carbocycles. The average Bonchev–Trinajstić information content (AvgIpc) is 2.70. The molecule has 1 aliphatic heterocycles. The topological polar surface area (TPSA) is 96.3 Å². The fourth-order valence-corrected chi connectivity index (χ4v) is 3.92. The summed E-state index contributed by atoms with van der Waals surface area (Å²) in [7, 11) is -0.514. The molecule has 0 bridgehead atoms. The molecule has 1 saturated heterocycles. The van der Waals surface area contributed by atoms with E-state index in [2.05, 4.69) is 15.1 Å². The Balaban J connectivity index is 2.32. The molecule has 22 heavy (non-hydrogen) atoms. The largest absolute Gasteiger partial charge is 0.353 e. The summed E-state index contributed by atoms with van der Waals surface area (Å²) in [5.41, 5.74) is 1.55. The summed E-state index contributed by atoms with van der Waals surface area (Å²) in [4.78, 5) is 12.3. The van der Waals surface area contributed by atoms with E-state index in [1.165, 1.54) is 7.05 Å². The second-order valence-corrected chi connectivity index (χ2v) is 7.71. The summed E-state index contributed by atoms with van der Waals surface area (Å²) in [5, 5.41) is 7.02. The van der Waals surface area contributed by atoms with Crippen LogP contribution in [0.3, 0.4) is 0 Å². The number of likely N-dealkylation sites (N-methyl/N-ethyl adjacent to an activating group) is 1. The minimum Gasteiger partial charge on any atom is -0.353 e. The van der Waals surface area contributed by atoms with Gasteiger partial charge in [0.25, 0.3) is 10.2 Å². The van der Waals surface area contributed by atoms with E-state index in [1.807, 2.05) is 20.8 Å². The zero-order valence-corrected chi connectivity index (χ0v) is 14.3. The Morgan fingerprint density at radius 3 is 2.59 bits per heavy atom. The van der Waals surface area contributed by atoms with Crippen LogP contribution in [0.5, 0.6) is 0 Å². The second-order valence-electron chi connectivity index (χ2n) is 5.95. The third-order valence-corrected chi connectivity index (χ3v) is 5.32. The van der Waals surface area contributed by atoms with Gasteiger partial charge < -0.3 is 5.32 Å². The summed E-state index contributed by atoms with van der Waals surface area (Å²) in [6, 6.07) is -1.24. The zero-order valence-electron chi connectivity index (χ0n) is 13.5. The van der Waals surface area contributed by atoms with E-state index in [1.54, 1.807) is 17.9 Å². The number of nitrogens with zero attached hydrogens (tertiary/aromatic N) is 3. The monoisotopic (exact) mass is 329 g/mol. The van der Waals surface area contributed by atoms with E-state index in [0.29, 0.717) is 6.42 Å². The molecule has 1 aromatic rings. The standard InChI is InChI=1S/C13H23N5O3S/c1-8(2)14-13(19)12-6-11(16-22(20,21)18(12)5)10-7-17(4)15-9(10)3/h7-8,11-12,16H,6H2,1-5H3,(H,14,19). The van der Waals surface area contributed by atoms with Gasteiger partial charge in [-0.3, -0.25) is 9.48 Å². The number of nitrogens with one attached hydrogen (secondary N) is 2. The number of hydrogen-bond acceptors (Lipinski definition) is 4. The van der Waals surface area contributed by atoms with Crippen molar-refractivity contribution in [2.24, 2.45) is 7.05 Å². The molecular formula is C13H23N5O3S. The number of aromatic nitrogens is 2. The molecule has 8 nitrogen and oxygen atoms in total. The maximum atomic E-state index is 12.3. The average molecular weight is 329 g/mol. The lowest BCUT2D eigenvalue weighted by atomic mass is 10.00. The van der Waals surface area contributed by atoms with Gasteiger partial charge in [0, 0.05) is 31.9 Å². The van der Waals surface area contributed by atoms with Crippen molar-refractivity contribution in [1.29, 1.82) is 0 Å². The van der Waals surface area contributed by atoms with Gasteiger partial charge in [0.15, 0.2) is 0 Å². The van der Waals surface area contributed by atoms with E-state index in [0.717, 1.165) is 15.6 Å². The van der Waals surface area contributed by atoms with Crippen LogP contribution in [0.25, 0.3) is 0 Å². The van der Waals surface area contributed by atoms with Crippen molar-refractivity contribution in [3.8, 4) is 0 Å². The highest BCUT2D eigenvalue weighted by Gasteiger charge is 2.41. The van der Waals surface area contributed by atoms with Gasteiger partial charge >= 0.3 is 0 Å². The Kier molecular flexibility index (Phi) is 4.59. The van der Waals surface area contributed by atoms with Gasteiger partial charge in [-0.25, -0.2) is 0 Å². The van der Waals surface area contributed by atoms with E-state index in [9.17, 15) is 13.2 Å². The lowest BCUT2D eigenvalue weighted by Gasteiger charge is -2.36. The Hall–Kier alpha value is -1.45. The van der Waals surface area contributed by atoms with Crippen LogP contribution in [0.15, 0.2) is 6.20 Å². The van der Waals surface area contributed by atoms with Crippen LogP contribution in [0.1, 0.15) is 37.6 Å². The summed E-state index contributed by atoms with van der Waals surface area (Å²) in [6.45, 7) is 5.51. The number of hydrogen-bond donors (Lipinski definition) is 2. The molecule has 0 spiro atoms. The van der Waals surface area contributed by atoms with Crippen LogP contribution in [0.2, 0.25) is 0 Å². The van der Waals surface area contributed by atoms with E-state index in [-0.39, 0.29) is 11.9 Å². The van der Waals surface area contributed by atoms with Crippen LogP contribution in [0.4, 0.5) is 0 Å². The van der Waals surface area contributed by atoms with Crippen LogP contribution in [0, 0.1) is 6.92 Å². The van der Waals surface area contributed by atoms with Crippen LogP contribution >= 0.6 is 0 Å². The fraction of sp³-hybridized carbons (Fsp3) is 0.692. The van der Waals surface area contributed by atoms with Crippen molar-refractivity contribution in [2.75, 3.05) is 7.05 Å². The molecule has 2 unspecified atom stereocenters. The van der Waals surface area contributed by atoms with Crippen molar-refractivity contribution >= 4 is 16.1 Å². The van der Waals surface area contributed by atoms with Crippen LogP contribution in [-0.4, -0.2) is 47.5 Å². The number of aryl methyl sites for hydroxylation is 2. The van der Waals surface area contributed by atoms with Crippen molar-refractivity contribution in [3.63, 3.8) is 0 Å². The first-order chi connectivity index (χ1) is 10.1. The van der Waals surface area contributed by atoms with Gasteiger partial charge in [-0.2, -0.15) is 22.5 Å². The quantitative estimate of drug-likeness (QED) is 0.805. The van der Waals surface area contributed by atoms with Gasteiger partial charge in [-0.05, 0) is 27.2 Å². The summed E-state index contributed by atoms with van der Waals surface area (Å²) >= 11 is 0. The summed E-state index contributed by atoms with van der Waals surface area (Å²) in [6.07, 6.45) is 2.14. The van der Waals surface area contributed by atoms with Crippen molar-refractivity contribution in [2.45, 2.75) is 45.3 Å². The molecule has 1 amide bonds. The Morgan fingerprint density at radius 2 is 2.09 bits per heavy atom. The van der Waals surface area contributed by atoms with Crippen LogP contribution in [-0.2, 0) is 22.1 Å². The summed E-state index contributed by atoms with van der Waals surface area (Å²) in [5.74, 6) is -0.283. The lowest BCUT2D eigenvalue weighted by molar-refractivity contribution is -0.125. The SMILES string of the molecule is Cc1nn(C)cc1C1CC(C(=O)NC(C)C)N(C)S(=O)(=O)N1. The lowest BCUT2D eigenvalue weighted by Crippen LogP contribution is -2.57. The predicted molar refractivity (Wildman–Crippen MR) is 82.2 cm³/mol. The Morgan fingerprint density at radius 1 is 1.45 bits per heavy atom. The zero-order chi connectivity index (χ0) is 16.7. The van der Waals surface area contributed by atoms with Gasteiger partial charge in [0.05, 0.1) is 11.7 Å². The van der Waals surface area contributed by atoms with Gasteiger partial charge in [0.2, 0.25) is 5.91 Å². The predicted octanol–water partition coefficient (Wildman–Crippen LogP) is -0.167. The maximum Gasteiger partial charge on any atom is 0.280 e. The molecule has 2 heterocycles. The Bertz CT molecular complexity index is 667.